The third kappa shape index (κ3) is 3.93. The number of rotatable bonds is 5. The highest BCUT2D eigenvalue weighted by atomic mass is 35.5. The molecular weight excluding hydrogens is 471 g/mol. The van der Waals surface area contributed by atoms with Crippen LogP contribution in [0.25, 0.3) is 17.1 Å². The summed E-state index contributed by atoms with van der Waals surface area (Å²) in [5.41, 5.74) is 4.58. The Morgan fingerprint density at radius 1 is 1.11 bits per heavy atom. The lowest BCUT2D eigenvalue weighted by Crippen LogP contribution is -2.23. The van der Waals surface area contributed by atoms with Gasteiger partial charge in [-0.25, -0.2) is 14.2 Å². The number of carboxylic acids is 1. The van der Waals surface area contributed by atoms with E-state index in [0.29, 0.717) is 17.1 Å². The Morgan fingerprint density at radius 2 is 1.83 bits per heavy atom. The van der Waals surface area contributed by atoms with Crippen molar-refractivity contribution in [2.45, 2.75) is 32.1 Å². The van der Waals surface area contributed by atoms with Gasteiger partial charge in [0, 0.05) is 18.9 Å². The van der Waals surface area contributed by atoms with E-state index in [1.165, 1.54) is 22.9 Å². The van der Waals surface area contributed by atoms with Crippen molar-refractivity contribution in [2.75, 3.05) is 0 Å². The second kappa shape index (κ2) is 8.46. The Labute approximate surface area is 205 Å². The van der Waals surface area contributed by atoms with E-state index in [-0.39, 0.29) is 34.1 Å². The number of carboxylic acid groups (broad SMARTS) is 1. The maximum Gasteiger partial charge on any atom is 0.372 e. The molecule has 0 radical (unpaired) electrons. The van der Waals surface area contributed by atoms with Crippen molar-refractivity contribution < 1.29 is 14.3 Å². The molecule has 0 saturated heterocycles. The summed E-state index contributed by atoms with van der Waals surface area (Å²) in [5.74, 6) is -1.22. The highest BCUT2D eigenvalue weighted by molar-refractivity contribution is 6.31. The number of halogens is 2. The molecule has 1 fully saturated rings. The number of aromatic carboxylic acids is 1. The van der Waals surface area contributed by atoms with Crippen molar-refractivity contribution in [2.24, 2.45) is 7.05 Å². The van der Waals surface area contributed by atoms with E-state index in [4.69, 9.17) is 11.6 Å². The Bertz CT molecular complexity index is 1540. The smallest absolute Gasteiger partial charge is 0.372 e. The van der Waals surface area contributed by atoms with Gasteiger partial charge in [0.2, 0.25) is 5.82 Å². The van der Waals surface area contributed by atoms with Gasteiger partial charge in [-0.2, -0.15) is 0 Å². The van der Waals surface area contributed by atoms with Gasteiger partial charge in [-0.15, -0.1) is 0 Å². The van der Waals surface area contributed by atoms with Gasteiger partial charge in [-0.1, -0.05) is 23.7 Å². The number of pyridine rings is 2. The standard InChI is InChI=1S/C26H22ClFN4O3/c1-13-11-29-20(22-12-30-24(26(34)35)31(22)3)10-21(13)32-14(2)8-19(23(27)25(32)33)18-9-17(18)15-4-6-16(28)7-5-15/h4-8,10-12,17-18H,9H2,1-3H3,(H,34,35)/t17-,18+/m1/s1. The molecule has 35 heavy (non-hydrogen) atoms. The molecule has 9 heteroatoms. The molecule has 4 aromatic rings. The summed E-state index contributed by atoms with van der Waals surface area (Å²) >= 11 is 6.62. The molecule has 1 saturated carbocycles. The second-order valence-electron chi connectivity index (χ2n) is 8.88. The largest absolute Gasteiger partial charge is 0.475 e. The first-order valence-corrected chi connectivity index (χ1v) is 11.4. The molecule has 3 aromatic heterocycles. The molecule has 1 N–H and O–H groups in total. The van der Waals surface area contributed by atoms with Gasteiger partial charge in [0.1, 0.15) is 10.8 Å². The first kappa shape index (κ1) is 23.0. The van der Waals surface area contributed by atoms with E-state index in [1.807, 2.05) is 19.9 Å². The fourth-order valence-corrected chi connectivity index (χ4v) is 4.94. The third-order valence-electron chi connectivity index (χ3n) is 6.61. The number of carbonyl (C=O) groups is 1. The van der Waals surface area contributed by atoms with Gasteiger partial charge in [0.15, 0.2) is 0 Å². The van der Waals surface area contributed by atoms with Crippen LogP contribution in [0.2, 0.25) is 5.02 Å². The minimum Gasteiger partial charge on any atom is -0.475 e. The fraction of sp³-hybridized carbons (Fsp3) is 0.231. The van der Waals surface area contributed by atoms with Crippen LogP contribution in [-0.2, 0) is 7.05 Å². The van der Waals surface area contributed by atoms with Gasteiger partial charge in [0.05, 0.1) is 23.3 Å². The minimum absolute atomic E-state index is 0.104. The molecule has 1 aliphatic carbocycles. The van der Waals surface area contributed by atoms with Crippen LogP contribution in [0.3, 0.4) is 0 Å². The summed E-state index contributed by atoms with van der Waals surface area (Å²) in [6, 6.07) is 10.1. The molecule has 0 amide bonds. The maximum atomic E-state index is 13.5. The van der Waals surface area contributed by atoms with Gasteiger partial charge in [-0.05, 0) is 73.1 Å². The van der Waals surface area contributed by atoms with Gasteiger partial charge >= 0.3 is 5.97 Å². The Morgan fingerprint density at radius 3 is 2.49 bits per heavy atom. The number of benzene rings is 1. The molecule has 1 aromatic carbocycles. The number of imidazole rings is 1. The van der Waals surface area contributed by atoms with Crippen molar-refractivity contribution >= 4 is 17.6 Å². The highest BCUT2D eigenvalue weighted by Gasteiger charge is 2.41. The average Bonchev–Trinajstić information content (AvgIpc) is 3.51. The molecule has 0 bridgehead atoms. The predicted molar refractivity (Wildman–Crippen MR) is 130 cm³/mol. The van der Waals surface area contributed by atoms with Crippen molar-refractivity contribution in [1.82, 2.24) is 19.1 Å². The zero-order chi connectivity index (χ0) is 25.0. The van der Waals surface area contributed by atoms with Crippen LogP contribution in [0.1, 0.15) is 51.3 Å². The normalized spacial score (nSPS) is 16.9. The number of aromatic nitrogens is 4. The lowest BCUT2D eigenvalue weighted by atomic mass is 10.0. The van der Waals surface area contributed by atoms with Crippen molar-refractivity contribution in [3.05, 3.63) is 98.2 Å². The molecule has 178 valence electrons. The summed E-state index contributed by atoms with van der Waals surface area (Å²) in [5, 5.41) is 9.47. The van der Waals surface area contributed by atoms with Gasteiger partial charge < -0.3 is 9.67 Å². The quantitative estimate of drug-likeness (QED) is 0.423. The molecule has 0 spiro atoms. The van der Waals surface area contributed by atoms with E-state index < -0.39 is 5.97 Å². The molecule has 5 rings (SSSR count). The summed E-state index contributed by atoms with van der Waals surface area (Å²) in [6.07, 6.45) is 3.93. The minimum atomic E-state index is -1.14. The molecule has 1 aliphatic rings. The third-order valence-corrected chi connectivity index (χ3v) is 6.99. The first-order chi connectivity index (χ1) is 16.7. The lowest BCUT2D eigenvalue weighted by molar-refractivity contribution is 0.0680. The summed E-state index contributed by atoms with van der Waals surface area (Å²) in [7, 11) is 1.60. The van der Waals surface area contributed by atoms with Crippen LogP contribution in [0.15, 0.2) is 53.6 Å². The maximum absolute atomic E-state index is 13.5. The number of hydrogen-bond donors (Lipinski definition) is 1. The highest BCUT2D eigenvalue weighted by Crippen LogP contribution is 2.55. The predicted octanol–water partition coefficient (Wildman–Crippen LogP) is 5.01. The van der Waals surface area contributed by atoms with Crippen LogP contribution >= 0.6 is 11.6 Å². The van der Waals surface area contributed by atoms with Crippen molar-refractivity contribution in [3.63, 3.8) is 0 Å². The average molecular weight is 493 g/mol. The van der Waals surface area contributed by atoms with E-state index in [2.05, 4.69) is 9.97 Å². The number of hydrogen-bond acceptors (Lipinski definition) is 4. The SMILES string of the molecule is Cc1cnc(-c2cnc(C(=O)O)n2C)cc1-n1c(C)cc([C@H]2C[C@@H]2c2ccc(F)cc2)c(Cl)c1=O. The fourth-order valence-electron chi connectivity index (χ4n) is 4.66. The monoisotopic (exact) mass is 492 g/mol. The lowest BCUT2D eigenvalue weighted by Gasteiger charge is -2.16. The molecule has 7 nitrogen and oxygen atoms in total. The zero-order valence-electron chi connectivity index (χ0n) is 19.3. The molecule has 0 aliphatic heterocycles. The van der Waals surface area contributed by atoms with E-state index in [1.54, 1.807) is 36.0 Å². The Kier molecular flexibility index (Phi) is 5.56. The summed E-state index contributed by atoms with van der Waals surface area (Å²) in [6.45, 7) is 3.69. The topological polar surface area (TPSA) is 90.0 Å². The molecule has 3 heterocycles. The summed E-state index contributed by atoms with van der Waals surface area (Å²) < 4.78 is 16.3. The number of nitrogens with zero attached hydrogens (tertiary/aromatic N) is 4. The van der Waals surface area contributed by atoms with Crippen LogP contribution in [-0.4, -0.2) is 30.2 Å². The first-order valence-electron chi connectivity index (χ1n) is 11.1. The van der Waals surface area contributed by atoms with Gasteiger partial charge in [0.25, 0.3) is 5.56 Å². The van der Waals surface area contributed by atoms with Crippen LogP contribution in [0, 0.1) is 19.7 Å². The molecule has 2 atom stereocenters. The van der Waals surface area contributed by atoms with E-state index >= 15 is 0 Å². The Balaban J connectivity index is 1.55. The summed E-state index contributed by atoms with van der Waals surface area (Å²) in [4.78, 5) is 33.2. The van der Waals surface area contributed by atoms with Crippen LogP contribution in [0.4, 0.5) is 4.39 Å². The van der Waals surface area contributed by atoms with E-state index in [0.717, 1.165) is 28.8 Å². The van der Waals surface area contributed by atoms with Crippen molar-refractivity contribution in [1.29, 1.82) is 0 Å². The van der Waals surface area contributed by atoms with E-state index in [9.17, 15) is 19.1 Å². The van der Waals surface area contributed by atoms with Crippen LogP contribution < -0.4 is 5.56 Å². The Hall–Kier alpha value is -3.78. The van der Waals surface area contributed by atoms with Crippen molar-refractivity contribution in [3.8, 4) is 17.1 Å². The molecular formula is C26H22ClFN4O3. The zero-order valence-corrected chi connectivity index (χ0v) is 20.0. The second-order valence-corrected chi connectivity index (χ2v) is 9.26. The van der Waals surface area contributed by atoms with Crippen LogP contribution in [0.5, 0.6) is 0 Å². The number of aryl methyl sites for hydroxylation is 2. The van der Waals surface area contributed by atoms with Gasteiger partial charge in [-0.3, -0.25) is 14.3 Å². The molecule has 0 unspecified atom stereocenters.